The van der Waals surface area contributed by atoms with Crippen molar-refractivity contribution in [2.45, 2.75) is 16.6 Å². The highest BCUT2D eigenvalue weighted by molar-refractivity contribution is 9.09. The first kappa shape index (κ1) is 9.49. The van der Waals surface area contributed by atoms with Crippen LogP contribution < -0.4 is 0 Å². The van der Waals surface area contributed by atoms with Crippen molar-refractivity contribution in [1.82, 2.24) is 0 Å². The van der Waals surface area contributed by atoms with Gasteiger partial charge >= 0.3 is 5.38 Å². The molecule has 1 atom stereocenters. The molecule has 0 fully saturated rings. The summed E-state index contributed by atoms with van der Waals surface area (Å²) >= 11 is 6.25. The maximum atomic E-state index is 11.6. The quantitative estimate of drug-likeness (QED) is 0.504. The summed E-state index contributed by atoms with van der Waals surface area (Å²) in [6.07, 6.45) is -3.16. The minimum absolute atomic E-state index is 2.03. The van der Waals surface area contributed by atoms with Crippen molar-refractivity contribution in [2.24, 2.45) is 0 Å². The van der Waals surface area contributed by atoms with Gasteiger partial charge in [0.25, 0.3) is 6.43 Å². The van der Waals surface area contributed by atoms with E-state index in [0.29, 0.717) is 0 Å². The third kappa shape index (κ3) is 3.25. The van der Waals surface area contributed by atoms with E-state index in [0.717, 1.165) is 0 Å². The van der Waals surface area contributed by atoms with Crippen LogP contribution in [0.4, 0.5) is 17.6 Å². The predicted molar refractivity (Wildman–Crippen MR) is 29.5 cm³/mol. The van der Waals surface area contributed by atoms with Crippen molar-refractivity contribution in [2.75, 3.05) is 0 Å². The number of halogens is 6. The van der Waals surface area contributed by atoms with Crippen molar-refractivity contribution < 1.29 is 17.6 Å². The molecule has 0 N–H and O–H groups in total. The molecule has 0 aromatic heterocycles. The second kappa shape index (κ2) is 3.05. The third-order valence-corrected chi connectivity index (χ3v) is 2.01. The highest BCUT2D eigenvalue weighted by Crippen LogP contribution is 2.32. The Morgan fingerprint density at radius 2 is 1.67 bits per heavy atom. The monoisotopic (exact) mass is 228 g/mol. The Morgan fingerprint density at radius 1 is 1.33 bits per heavy atom. The second-order valence-electron chi connectivity index (χ2n) is 1.28. The molecule has 0 rings (SSSR count). The fourth-order valence-corrected chi connectivity index (χ4v) is 0.238. The topological polar surface area (TPSA) is 0 Å². The highest BCUT2D eigenvalue weighted by Gasteiger charge is 2.41. The predicted octanol–water partition coefficient (Wildman–Crippen LogP) is 2.85. The maximum absolute atomic E-state index is 11.6. The molecule has 0 amide bonds. The summed E-state index contributed by atoms with van der Waals surface area (Å²) in [5.74, 6) is 0. The minimum atomic E-state index is -3.88. The molecule has 0 spiro atoms. The first-order chi connectivity index (χ1) is 3.85. The smallest absolute Gasteiger partial charge is 0.209 e. The number of alkyl halides is 6. The van der Waals surface area contributed by atoms with Crippen molar-refractivity contribution in [3.05, 3.63) is 0 Å². The molecule has 0 saturated carbocycles. The average Bonchev–Trinajstić information content (AvgIpc) is 1.62. The van der Waals surface area contributed by atoms with Gasteiger partial charge in [-0.05, 0) is 11.6 Å². The lowest BCUT2D eigenvalue weighted by Crippen LogP contribution is -2.28. The molecule has 0 nitrogen and oxygen atoms in total. The van der Waals surface area contributed by atoms with Gasteiger partial charge in [0, 0.05) is 0 Å². The van der Waals surface area contributed by atoms with E-state index in [1.165, 1.54) is 0 Å². The van der Waals surface area contributed by atoms with Gasteiger partial charge in [-0.3, -0.25) is 0 Å². The number of hydrogen-bond acceptors (Lipinski definition) is 0. The third-order valence-electron chi connectivity index (χ3n) is 0.534. The van der Waals surface area contributed by atoms with Crippen molar-refractivity contribution >= 4 is 27.5 Å². The average molecular weight is 229 g/mol. The van der Waals surface area contributed by atoms with Gasteiger partial charge in [-0.15, -0.1) is 0 Å². The Balaban J connectivity index is 3.88. The van der Waals surface area contributed by atoms with E-state index >= 15 is 0 Å². The molecule has 0 bridgehead atoms. The lowest BCUT2D eigenvalue weighted by atomic mass is 10.5. The summed E-state index contributed by atoms with van der Waals surface area (Å²) in [6.45, 7) is 0. The molecule has 0 aliphatic carbocycles. The van der Waals surface area contributed by atoms with Crippen LogP contribution in [0.3, 0.4) is 0 Å². The Kier molecular flexibility index (Phi) is 3.22. The standard InChI is InChI=1S/C3H2BrClF4/c4-1(2(6)7)3(5,8)9/h1-2H. The molecule has 0 heterocycles. The summed E-state index contributed by atoms with van der Waals surface area (Å²) in [5, 5.41) is -3.88. The largest absolute Gasteiger partial charge is 0.339 e. The molecular formula is C3H2BrClF4. The van der Waals surface area contributed by atoms with Crippen LogP contribution in [0.15, 0.2) is 0 Å². The summed E-state index contributed by atoms with van der Waals surface area (Å²) in [7, 11) is 0. The Morgan fingerprint density at radius 3 is 1.67 bits per heavy atom. The van der Waals surface area contributed by atoms with E-state index in [-0.39, 0.29) is 0 Å². The van der Waals surface area contributed by atoms with Crippen molar-refractivity contribution in [1.29, 1.82) is 0 Å². The van der Waals surface area contributed by atoms with E-state index in [1.54, 1.807) is 0 Å². The van der Waals surface area contributed by atoms with E-state index in [2.05, 4.69) is 11.6 Å². The van der Waals surface area contributed by atoms with Crippen LogP contribution in [0.2, 0.25) is 0 Å². The van der Waals surface area contributed by atoms with Crippen LogP contribution in [0, 0.1) is 0 Å². The minimum Gasteiger partial charge on any atom is -0.209 e. The van der Waals surface area contributed by atoms with Gasteiger partial charge < -0.3 is 0 Å². The molecule has 0 radical (unpaired) electrons. The molecule has 0 aliphatic rings. The van der Waals surface area contributed by atoms with Gasteiger partial charge in [-0.25, -0.2) is 8.78 Å². The first-order valence-corrected chi connectivity index (χ1v) is 3.14. The fraction of sp³-hybridized carbons (Fsp3) is 1.00. The van der Waals surface area contributed by atoms with Crippen molar-refractivity contribution in [3.63, 3.8) is 0 Å². The molecule has 0 saturated heterocycles. The zero-order valence-corrected chi connectivity index (χ0v) is 6.26. The molecule has 0 aliphatic heterocycles. The van der Waals surface area contributed by atoms with Gasteiger partial charge in [-0.2, -0.15) is 8.78 Å². The highest BCUT2D eigenvalue weighted by atomic mass is 79.9. The summed E-state index contributed by atoms with van der Waals surface area (Å²) in [4.78, 5) is -2.27. The van der Waals surface area contributed by atoms with Crippen LogP contribution >= 0.6 is 27.5 Å². The van der Waals surface area contributed by atoms with Crippen LogP contribution in [0.25, 0.3) is 0 Å². The summed E-state index contributed by atoms with van der Waals surface area (Å²) in [6, 6.07) is 0. The Bertz CT molecular complexity index is 90.3. The zero-order valence-electron chi connectivity index (χ0n) is 3.92. The fourth-order valence-electron chi connectivity index (χ4n) is 0.143. The molecule has 6 heteroatoms. The Labute approximate surface area is 62.3 Å². The zero-order chi connectivity index (χ0) is 7.65. The molecule has 0 aromatic rings. The van der Waals surface area contributed by atoms with Crippen LogP contribution in [0.1, 0.15) is 0 Å². The maximum Gasteiger partial charge on any atom is 0.339 e. The normalized spacial score (nSPS) is 16.3. The van der Waals surface area contributed by atoms with Crippen LogP contribution in [0.5, 0.6) is 0 Å². The van der Waals surface area contributed by atoms with E-state index in [4.69, 9.17) is 0 Å². The summed E-state index contributed by atoms with van der Waals surface area (Å²) < 4.78 is 45.8. The van der Waals surface area contributed by atoms with E-state index < -0.39 is 16.6 Å². The lowest BCUT2D eigenvalue weighted by Gasteiger charge is -2.13. The number of hydrogen-bond donors (Lipinski definition) is 0. The molecule has 0 aromatic carbocycles. The molecule has 9 heavy (non-hydrogen) atoms. The SMILES string of the molecule is FC(F)C(Br)C(F)(F)Cl. The summed E-state index contributed by atoms with van der Waals surface area (Å²) in [5.41, 5.74) is 0. The van der Waals surface area contributed by atoms with Gasteiger partial charge in [0.15, 0.2) is 4.83 Å². The van der Waals surface area contributed by atoms with Gasteiger partial charge in [0.1, 0.15) is 0 Å². The van der Waals surface area contributed by atoms with Crippen molar-refractivity contribution in [3.8, 4) is 0 Å². The number of rotatable bonds is 2. The van der Waals surface area contributed by atoms with Gasteiger partial charge in [-0.1, -0.05) is 15.9 Å². The van der Waals surface area contributed by atoms with Crippen LogP contribution in [-0.2, 0) is 0 Å². The Hall–Kier alpha value is 0.490. The van der Waals surface area contributed by atoms with E-state index in [9.17, 15) is 17.6 Å². The molecule has 1 unspecified atom stereocenters. The van der Waals surface area contributed by atoms with Gasteiger partial charge in [0.2, 0.25) is 0 Å². The first-order valence-electron chi connectivity index (χ1n) is 1.84. The van der Waals surface area contributed by atoms with Crippen LogP contribution in [-0.4, -0.2) is 16.6 Å². The molecule has 56 valence electrons. The molecular weight excluding hydrogens is 227 g/mol. The van der Waals surface area contributed by atoms with Gasteiger partial charge in [0.05, 0.1) is 0 Å². The van der Waals surface area contributed by atoms with E-state index in [1.807, 2.05) is 15.9 Å². The lowest BCUT2D eigenvalue weighted by molar-refractivity contribution is 0.0246. The second-order valence-corrected chi connectivity index (χ2v) is 2.77.